The lowest BCUT2D eigenvalue weighted by Gasteiger charge is -2.10. The lowest BCUT2D eigenvalue weighted by Crippen LogP contribution is -1.93. The maximum Gasteiger partial charge on any atom is 0.0634 e. The van der Waals surface area contributed by atoms with E-state index in [-0.39, 0.29) is 0 Å². The van der Waals surface area contributed by atoms with Crippen molar-refractivity contribution < 1.29 is 0 Å². The largest absolute Gasteiger partial charge is 0.309 e. The first-order valence-corrected chi connectivity index (χ1v) is 16.2. The van der Waals surface area contributed by atoms with Crippen molar-refractivity contribution in [3.8, 4) is 22.5 Å². The SMILES string of the molecule is c1ccc(-n2c3ccccc3c3cc(-c4ccc5c(c4)c4ccc6sc7ccccc7c6c4n5-c4ccccc4)ccc32)cc1. The second kappa shape index (κ2) is 9.43. The third kappa shape index (κ3) is 3.56. The Bertz CT molecular complexity index is 2740. The fraction of sp³-hybridized carbons (Fsp3) is 0. The van der Waals surface area contributed by atoms with Crippen LogP contribution in [0.5, 0.6) is 0 Å². The van der Waals surface area contributed by atoms with Crippen LogP contribution in [-0.2, 0) is 0 Å². The van der Waals surface area contributed by atoms with Crippen molar-refractivity contribution in [2.75, 3.05) is 0 Å². The Hall–Kier alpha value is -5.64. The average molecular weight is 591 g/mol. The molecule has 0 unspecified atom stereocenters. The topological polar surface area (TPSA) is 9.86 Å². The second-order valence-electron chi connectivity index (χ2n) is 11.8. The van der Waals surface area contributed by atoms with E-state index in [0.717, 1.165) is 0 Å². The molecular formula is C42H26N2S. The van der Waals surface area contributed by atoms with E-state index < -0.39 is 0 Å². The van der Waals surface area contributed by atoms with Crippen LogP contribution >= 0.6 is 11.3 Å². The van der Waals surface area contributed by atoms with Crippen molar-refractivity contribution in [2.45, 2.75) is 0 Å². The van der Waals surface area contributed by atoms with Gasteiger partial charge in [-0.2, -0.15) is 0 Å². The maximum atomic E-state index is 2.46. The van der Waals surface area contributed by atoms with E-state index in [1.165, 1.54) is 86.3 Å². The summed E-state index contributed by atoms with van der Waals surface area (Å²) in [7, 11) is 0. The Morgan fingerprint density at radius 2 is 0.911 bits per heavy atom. The van der Waals surface area contributed by atoms with Gasteiger partial charge in [0.2, 0.25) is 0 Å². The summed E-state index contributed by atoms with van der Waals surface area (Å²) in [6, 6.07) is 57.6. The van der Waals surface area contributed by atoms with E-state index in [0.29, 0.717) is 0 Å². The molecule has 0 radical (unpaired) electrons. The van der Waals surface area contributed by atoms with Crippen molar-refractivity contribution in [2.24, 2.45) is 0 Å². The van der Waals surface area contributed by atoms with E-state index in [2.05, 4.69) is 167 Å². The molecule has 7 aromatic carbocycles. The number of rotatable bonds is 3. The highest BCUT2D eigenvalue weighted by Gasteiger charge is 2.19. The Balaban J connectivity index is 1.25. The normalized spacial score (nSPS) is 12.0. The summed E-state index contributed by atoms with van der Waals surface area (Å²) in [4.78, 5) is 0. The molecule has 45 heavy (non-hydrogen) atoms. The number of aromatic nitrogens is 2. The van der Waals surface area contributed by atoms with Gasteiger partial charge in [-0.15, -0.1) is 11.3 Å². The number of hydrogen-bond donors (Lipinski definition) is 0. The second-order valence-corrected chi connectivity index (χ2v) is 12.8. The standard InChI is InChI=1S/C42H26N2S/c1-3-11-29(12-4-1)43-36-17-9-7-15-31(36)34-25-27(19-22-37(34)43)28-20-23-38-35(26-28)32-21-24-40-41(33-16-8-10-18-39(33)45-40)42(32)44(38)30-13-5-2-6-14-30/h1-26H. The molecule has 0 saturated heterocycles. The first kappa shape index (κ1) is 24.8. The summed E-state index contributed by atoms with van der Waals surface area (Å²) in [6.07, 6.45) is 0. The zero-order valence-corrected chi connectivity index (χ0v) is 25.1. The lowest BCUT2D eigenvalue weighted by atomic mass is 10.00. The van der Waals surface area contributed by atoms with Crippen LogP contribution in [0.2, 0.25) is 0 Å². The minimum atomic E-state index is 1.18. The smallest absolute Gasteiger partial charge is 0.0634 e. The molecule has 3 aromatic heterocycles. The van der Waals surface area contributed by atoms with Gasteiger partial charge in [-0.25, -0.2) is 0 Å². The van der Waals surface area contributed by atoms with Gasteiger partial charge in [0.1, 0.15) is 0 Å². The predicted octanol–water partition coefficient (Wildman–Crippen LogP) is 11.9. The molecule has 10 aromatic rings. The van der Waals surface area contributed by atoms with Crippen LogP contribution in [0, 0.1) is 0 Å². The fourth-order valence-electron chi connectivity index (χ4n) is 7.35. The molecular weight excluding hydrogens is 565 g/mol. The molecule has 210 valence electrons. The van der Waals surface area contributed by atoms with Crippen LogP contribution in [-0.4, -0.2) is 9.13 Å². The molecule has 2 nitrogen and oxygen atoms in total. The van der Waals surface area contributed by atoms with Gasteiger partial charge in [-0.3, -0.25) is 0 Å². The number of fused-ring (bicyclic) bond motifs is 10. The van der Waals surface area contributed by atoms with Gasteiger partial charge in [0, 0.05) is 53.1 Å². The van der Waals surface area contributed by atoms with Crippen LogP contribution in [0.25, 0.3) is 86.3 Å². The lowest BCUT2D eigenvalue weighted by molar-refractivity contribution is 1.18. The molecule has 0 aliphatic carbocycles. The molecule has 0 aliphatic heterocycles. The first-order chi connectivity index (χ1) is 22.3. The number of benzene rings is 7. The molecule has 3 heterocycles. The van der Waals surface area contributed by atoms with Gasteiger partial charge >= 0.3 is 0 Å². The van der Waals surface area contributed by atoms with Crippen LogP contribution in [0.3, 0.4) is 0 Å². The van der Waals surface area contributed by atoms with Gasteiger partial charge < -0.3 is 9.13 Å². The van der Waals surface area contributed by atoms with E-state index in [1.807, 2.05) is 11.3 Å². The molecule has 0 saturated carbocycles. The van der Waals surface area contributed by atoms with E-state index in [1.54, 1.807) is 0 Å². The molecule has 0 spiro atoms. The van der Waals surface area contributed by atoms with Crippen molar-refractivity contribution in [3.63, 3.8) is 0 Å². The first-order valence-electron chi connectivity index (χ1n) is 15.4. The van der Waals surface area contributed by atoms with Crippen molar-refractivity contribution in [3.05, 3.63) is 158 Å². The quantitative estimate of drug-likeness (QED) is 0.194. The third-order valence-corrected chi connectivity index (χ3v) is 10.4. The number of thiophene rings is 1. The van der Waals surface area contributed by atoms with Gasteiger partial charge in [0.25, 0.3) is 0 Å². The van der Waals surface area contributed by atoms with Crippen molar-refractivity contribution in [1.29, 1.82) is 0 Å². The summed E-state index contributed by atoms with van der Waals surface area (Å²) >= 11 is 1.88. The zero-order valence-electron chi connectivity index (χ0n) is 24.3. The van der Waals surface area contributed by atoms with E-state index >= 15 is 0 Å². The highest BCUT2D eigenvalue weighted by molar-refractivity contribution is 7.26. The van der Waals surface area contributed by atoms with Gasteiger partial charge in [0.05, 0.1) is 22.1 Å². The molecule has 0 aliphatic rings. The zero-order chi connectivity index (χ0) is 29.5. The van der Waals surface area contributed by atoms with Gasteiger partial charge in [-0.1, -0.05) is 91.0 Å². The summed E-state index contributed by atoms with van der Waals surface area (Å²) in [6.45, 7) is 0. The summed E-state index contributed by atoms with van der Waals surface area (Å²) in [5.41, 5.74) is 9.77. The number of hydrogen-bond acceptors (Lipinski definition) is 1. The molecule has 10 rings (SSSR count). The molecule has 0 bridgehead atoms. The highest BCUT2D eigenvalue weighted by atomic mass is 32.1. The monoisotopic (exact) mass is 590 g/mol. The van der Waals surface area contributed by atoms with Gasteiger partial charge in [-0.05, 0) is 77.9 Å². The highest BCUT2D eigenvalue weighted by Crippen LogP contribution is 2.44. The summed E-state index contributed by atoms with van der Waals surface area (Å²) in [5, 5.41) is 7.76. The predicted molar refractivity (Wildman–Crippen MR) is 193 cm³/mol. The molecule has 3 heteroatoms. The molecule has 0 amide bonds. The van der Waals surface area contributed by atoms with Crippen LogP contribution in [0.4, 0.5) is 0 Å². The van der Waals surface area contributed by atoms with Crippen LogP contribution in [0.15, 0.2) is 158 Å². The van der Waals surface area contributed by atoms with Crippen LogP contribution < -0.4 is 0 Å². The molecule has 0 atom stereocenters. The Kier molecular flexibility index (Phi) is 5.19. The number of para-hydroxylation sites is 3. The average Bonchev–Trinajstić information content (AvgIpc) is 3.76. The van der Waals surface area contributed by atoms with Crippen LogP contribution in [0.1, 0.15) is 0 Å². The minimum absolute atomic E-state index is 1.18. The molecule has 0 fully saturated rings. The number of nitrogens with zero attached hydrogens (tertiary/aromatic N) is 2. The summed E-state index contributed by atoms with van der Waals surface area (Å²) < 4.78 is 7.49. The van der Waals surface area contributed by atoms with E-state index in [4.69, 9.17) is 0 Å². The van der Waals surface area contributed by atoms with Crippen molar-refractivity contribution in [1.82, 2.24) is 9.13 Å². The summed E-state index contributed by atoms with van der Waals surface area (Å²) in [5.74, 6) is 0. The Morgan fingerprint density at radius 1 is 0.356 bits per heavy atom. The van der Waals surface area contributed by atoms with E-state index in [9.17, 15) is 0 Å². The third-order valence-electron chi connectivity index (χ3n) is 9.30. The molecule has 0 N–H and O–H groups in total. The fourth-order valence-corrected chi connectivity index (χ4v) is 8.46. The maximum absolute atomic E-state index is 2.46. The van der Waals surface area contributed by atoms with Gasteiger partial charge in [0.15, 0.2) is 0 Å². The Morgan fingerprint density at radius 3 is 1.64 bits per heavy atom. The van der Waals surface area contributed by atoms with Crippen molar-refractivity contribution >= 4 is 75.1 Å². The Labute approximate surface area is 263 Å². The minimum Gasteiger partial charge on any atom is -0.309 e.